The highest BCUT2D eigenvalue weighted by molar-refractivity contribution is 7.26. The third-order valence-corrected chi connectivity index (χ3v) is 4.74. The molecule has 0 fully saturated rings. The van der Waals surface area contributed by atoms with Crippen LogP contribution < -0.4 is 5.32 Å². The molecule has 21 heavy (non-hydrogen) atoms. The van der Waals surface area contributed by atoms with Gasteiger partial charge in [0.15, 0.2) is 5.82 Å². The number of anilines is 1. The van der Waals surface area contributed by atoms with Crippen molar-refractivity contribution in [1.82, 2.24) is 15.2 Å². The molecule has 0 amide bonds. The molecule has 3 rings (SSSR count). The third-order valence-electron chi connectivity index (χ3n) is 3.65. The molecule has 0 saturated carbocycles. The van der Waals surface area contributed by atoms with Crippen LogP contribution in [-0.4, -0.2) is 21.7 Å². The Hall–Kier alpha value is -1.62. The average molecular weight is 302 g/mol. The van der Waals surface area contributed by atoms with Gasteiger partial charge in [0.25, 0.3) is 0 Å². The van der Waals surface area contributed by atoms with Crippen LogP contribution in [0.5, 0.6) is 0 Å². The van der Waals surface area contributed by atoms with Crippen molar-refractivity contribution in [2.45, 2.75) is 41.0 Å². The fourth-order valence-electron chi connectivity index (χ4n) is 2.55. The van der Waals surface area contributed by atoms with Crippen molar-refractivity contribution in [2.24, 2.45) is 5.41 Å². The van der Waals surface area contributed by atoms with Crippen LogP contribution in [0.1, 0.15) is 38.4 Å². The van der Waals surface area contributed by atoms with Crippen molar-refractivity contribution in [3.63, 3.8) is 0 Å². The Morgan fingerprint density at radius 2 is 2.05 bits per heavy atom. The number of pyridine rings is 1. The highest BCUT2D eigenvalue weighted by atomic mass is 32.1. The molecule has 3 heterocycles. The maximum Gasteiger partial charge on any atom is 0.165 e. The first kappa shape index (κ1) is 14.3. The number of thiophene rings is 1. The molecule has 5 heteroatoms. The summed E-state index contributed by atoms with van der Waals surface area (Å²) < 4.78 is 1.18. The fourth-order valence-corrected chi connectivity index (χ4v) is 3.77. The van der Waals surface area contributed by atoms with Gasteiger partial charge in [-0.15, -0.1) is 11.3 Å². The lowest BCUT2D eigenvalue weighted by atomic mass is 9.92. The summed E-state index contributed by atoms with van der Waals surface area (Å²) >= 11 is 1.71. The molecule has 3 aromatic rings. The first-order chi connectivity index (χ1) is 9.85. The van der Waals surface area contributed by atoms with E-state index in [0.717, 1.165) is 34.8 Å². The van der Waals surface area contributed by atoms with Gasteiger partial charge in [-0.25, -0.2) is 4.98 Å². The van der Waals surface area contributed by atoms with Crippen LogP contribution in [0.3, 0.4) is 0 Å². The maximum absolute atomic E-state index is 4.65. The number of aromatic nitrogens is 3. The molecule has 4 nitrogen and oxygen atoms in total. The van der Waals surface area contributed by atoms with Crippen LogP contribution in [0.25, 0.3) is 20.4 Å². The van der Waals surface area contributed by atoms with Gasteiger partial charge in [0, 0.05) is 17.6 Å². The molecule has 0 spiro atoms. The largest absolute Gasteiger partial charge is 0.367 e. The van der Waals surface area contributed by atoms with Crippen LogP contribution in [-0.2, 0) is 0 Å². The quantitative estimate of drug-likeness (QED) is 0.741. The van der Waals surface area contributed by atoms with Crippen LogP contribution in [0.2, 0.25) is 0 Å². The Morgan fingerprint density at radius 3 is 2.76 bits per heavy atom. The number of aromatic amines is 1. The zero-order valence-electron chi connectivity index (χ0n) is 13.3. The Balaban J connectivity index is 1.97. The minimum atomic E-state index is 0.331. The summed E-state index contributed by atoms with van der Waals surface area (Å²) in [7, 11) is 0. The molecule has 0 aliphatic rings. The number of fused-ring (bicyclic) bond motifs is 3. The zero-order chi connectivity index (χ0) is 15.2. The lowest BCUT2D eigenvalue weighted by Gasteiger charge is -2.17. The third kappa shape index (κ3) is 2.75. The van der Waals surface area contributed by atoms with Crippen molar-refractivity contribution in [3.05, 3.63) is 17.3 Å². The van der Waals surface area contributed by atoms with Crippen LogP contribution in [0, 0.1) is 19.3 Å². The van der Waals surface area contributed by atoms with Crippen LogP contribution in [0.15, 0.2) is 6.07 Å². The lowest BCUT2D eigenvalue weighted by Crippen LogP contribution is -2.12. The van der Waals surface area contributed by atoms with Crippen molar-refractivity contribution in [2.75, 3.05) is 11.9 Å². The van der Waals surface area contributed by atoms with Gasteiger partial charge < -0.3 is 5.32 Å². The highest BCUT2D eigenvalue weighted by Gasteiger charge is 2.16. The van der Waals surface area contributed by atoms with Gasteiger partial charge in [-0.3, -0.25) is 5.10 Å². The SMILES string of the molecule is Cc1cc(C)c2c(n1)sc1c(NCCC(C)(C)C)n[nH]c12. The molecule has 0 atom stereocenters. The van der Waals surface area contributed by atoms with Crippen LogP contribution >= 0.6 is 11.3 Å². The van der Waals surface area contributed by atoms with E-state index in [1.54, 1.807) is 11.3 Å². The fraction of sp³-hybridized carbons (Fsp3) is 0.500. The van der Waals surface area contributed by atoms with Crippen molar-refractivity contribution < 1.29 is 0 Å². The minimum absolute atomic E-state index is 0.331. The number of nitrogens with one attached hydrogen (secondary N) is 2. The second kappa shape index (κ2) is 4.98. The van der Waals surface area contributed by atoms with Crippen molar-refractivity contribution in [3.8, 4) is 0 Å². The molecule has 0 bridgehead atoms. The molecule has 0 radical (unpaired) electrons. The first-order valence-electron chi connectivity index (χ1n) is 7.34. The molecule has 3 aromatic heterocycles. The monoisotopic (exact) mass is 302 g/mol. The zero-order valence-corrected chi connectivity index (χ0v) is 14.1. The van der Waals surface area contributed by atoms with Crippen LogP contribution in [0.4, 0.5) is 5.82 Å². The van der Waals surface area contributed by atoms with E-state index in [1.807, 2.05) is 6.92 Å². The van der Waals surface area contributed by atoms with E-state index in [0.29, 0.717) is 5.41 Å². The predicted molar refractivity (Wildman–Crippen MR) is 91.3 cm³/mol. The van der Waals surface area contributed by atoms with E-state index >= 15 is 0 Å². The van der Waals surface area contributed by atoms with Gasteiger partial charge in [0.05, 0.1) is 10.2 Å². The summed E-state index contributed by atoms with van der Waals surface area (Å²) in [6, 6.07) is 2.13. The Morgan fingerprint density at radius 1 is 1.29 bits per heavy atom. The molecular formula is C16H22N4S. The first-order valence-corrected chi connectivity index (χ1v) is 8.15. The Kier molecular flexibility index (Phi) is 3.40. The van der Waals surface area contributed by atoms with Crippen molar-refractivity contribution >= 4 is 37.6 Å². The van der Waals surface area contributed by atoms with E-state index in [-0.39, 0.29) is 0 Å². The van der Waals surface area contributed by atoms with E-state index in [2.05, 4.69) is 54.3 Å². The molecule has 2 N–H and O–H groups in total. The highest BCUT2D eigenvalue weighted by Crippen LogP contribution is 2.37. The number of H-pyrrole nitrogens is 1. The molecule has 0 saturated heterocycles. The van der Waals surface area contributed by atoms with Gasteiger partial charge in [-0.05, 0) is 37.3 Å². The number of hydrogen-bond donors (Lipinski definition) is 2. The van der Waals surface area contributed by atoms with Crippen molar-refractivity contribution in [1.29, 1.82) is 0 Å². The smallest absolute Gasteiger partial charge is 0.165 e. The Bertz CT molecular complexity index is 792. The normalized spacial score (nSPS) is 12.4. The standard InChI is InChI=1S/C16H22N4S/c1-9-8-10(2)18-15-11(9)12-13(21-15)14(20-19-12)17-7-6-16(3,4)5/h8H,6-7H2,1-5H3,(H2,17,19,20). The summed E-state index contributed by atoms with van der Waals surface area (Å²) in [4.78, 5) is 5.74. The topological polar surface area (TPSA) is 53.6 Å². The van der Waals surface area contributed by atoms with E-state index < -0.39 is 0 Å². The van der Waals surface area contributed by atoms with Gasteiger partial charge >= 0.3 is 0 Å². The van der Waals surface area contributed by atoms with Gasteiger partial charge in [0.1, 0.15) is 4.83 Å². The van der Waals surface area contributed by atoms with E-state index in [4.69, 9.17) is 0 Å². The average Bonchev–Trinajstić information content (AvgIpc) is 2.86. The number of rotatable bonds is 3. The van der Waals surface area contributed by atoms with Gasteiger partial charge in [-0.2, -0.15) is 5.10 Å². The summed E-state index contributed by atoms with van der Waals surface area (Å²) in [6.07, 6.45) is 1.11. The molecule has 0 unspecified atom stereocenters. The molecular weight excluding hydrogens is 280 g/mol. The summed E-state index contributed by atoms with van der Waals surface area (Å²) in [5.41, 5.74) is 3.77. The minimum Gasteiger partial charge on any atom is -0.367 e. The molecule has 112 valence electrons. The predicted octanol–water partition coefficient (Wildman–Crippen LogP) is 4.64. The van der Waals surface area contributed by atoms with Gasteiger partial charge in [-0.1, -0.05) is 20.8 Å². The summed E-state index contributed by atoms with van der Waals surface area (Å²) in [5.74, 6) is 0.953. The van der Waals surface area contributed by atoms with E-state index in [1.165, 1.54) is 15.6 Å². The second-order valence-electron chi connectivity index (χ2n) is 6.88. The number of hydrogen-bond acceptors (Lipinski definition) is 4. The maximum atomic E-state index is 4.65. The molecule has 0 aliphatic heterocycles. The number of aryl methyl sites for hydroxylation is 2. The Labute approximate surface area is 129 Å². The molecule has 0 aliphatic carbocycles. The lowest BCUT2D eigenvalue weighted by molar-refractivity contribution is 0.389. The summed E-state index contributed by atoms with van der Waals surface area (Å²) in [5, 5.41) is 12.3. The van der Waals surface area contributed by atoms with E-state index in [9.17, 15) is 0 Å². The number of nitrogens with zero attached hydrogens (tertiary/aromatic N) is 2. The summed E-state index contributed by atoms with van der Waals surface area (Å²) in [6.45, 7) is 11.9. The van der Waals surface area contributed by atoms with Gasteiger partial charge in [0.2, 0.25) is 0 Å². The molecule has 0 aromatic carbocycles. The second-order valence-corrected chi connectivity index (χ2v) is 7.88.